The van der Waals surface area contributed by atoms with Crippen molar-refractivity contribution in [1.29, 1.82) is 0 Å². The van der Waals surface area contributed by atoms with Crippen molar-refractivity contribution < 1.29 is 18.4 Å². The van der Waals surface area contributed by atoms with Crippen molar-refractivity contribution in [3.63, 3.8) is 0 Å². The van der Waals surface area contributed by atoms with E-state index in [9.17, 15) is 13.9 Å². The van der Waals surface area contributed by atoms with Gasteiger partial charge in [-0.2, -0.15) is 4.98 Å². The molecule has 0 bridgehead atoms. The van der Waals surface area contributed by atoms with Crippen LogP contribution < -0.4 is 0 Å². The molecular weight excluding hydrogens is 268 g/mol. The van der Waals surface area contributed by atoms with Gasteiger partial charge in [0.15, 0.2) is 0 Å². The molecule has 0 fully saturated rings. The fourth-order valence-electron chi connectivity index (χ4n) is 1.70. The zero-order valence-corrected chi connectivity index (χ0v) is 9.92. The van der Waals surface area contributed by atoms with Gasteiger partial charge in [-0.05, 0) is 18.2 Å². The smallest absolute Gasteiger partial charge is 0.262 e. The summed E-state index contributed by atoms with van der Waals surface area (Å²) in [6.07, 6.45) is 2.67. The highest BCUT2D eigenvalue weighted by atomic mass is 19.1. The highest BCUT2D eigenvalue weighted by molar-refractivity contribution is 5.63. The summed E-state index contributed by atoms with van der Waals surface area (Å²) >= 11 is 0. The number of benzene rings is 1. The maximum Gasteiger partial charge on any atom is 0.262 e. The summed E-state index contributed by atoms with van der Waals surface area (Å²) in [6, 6.07) is 4.41. The van der Waals surface area contributed by atoms with Crippen LogP contribution in [0.5, 0.6) is 5.75 Å². The molecule has 0 atom stereocenters. The van der Waals surface area contributed by atoms with Gasteiger partial charge in [-0.15, -0.1) is 0 Å². The SMILES string of the molecule is Oc1cnccc1-c1nc(-c2cc(F)cc(F)c2)no1. The van der Waals surface area contributed by atoms with Crippen LogP contribution in [0.2, 0.25) is 0 Å². The van der Waals surface area contributed by atoms with Crippen LogP contribution in [0.4, 0.5) is 8.78 Å². The van der Waals surface area contributed by atoms with Gasteiger partial charge < -0.3 is 9.63 Å². The van der Waals surface area contributed by atoms with E-state index in [1.54, 1.807) is 0 Å². The van der Waals surface area contributed by atoms with E-state index < -0.39 is 11.6 Å². The van der Waals surface area contributed by atoms with E-state index in [0.717, 1.165) is 18.2 Å². The lowest BCUT2D eigenvalue weighted by Crippen LogP contribution is -1.86. The van der Waals surface area contributed by atoms with E-state index in [4.69, 9.17) is 4.52 Å². The third-order valence-corrected chi connectivity index (χ3v) is 2.58. The van der Waals surface area contributed by atoms with E-state index >= 15 is 0 Å². The Labute approximate surface area is 111 Å². The molecule has 0 saturated carbocycles. The van der Waals surface area contributed by atoms with Gasteiger partial charge in [-0.3, -0.25) is 4.98 Å². The summed E-state index contributed by atoms with van der Waals surface area (Å²) in [4.78, 5) is 7.71. The van der Waals surface area contributed by atoms with Crippen LogP contribution in [-0.4, -0.2) is 20.2 Å². The molecule has 0 spiro atoms. The predicted octanol–water partition coefficient (Wildman–Crippen LogP) is 2.78. The van der Waals surface area contributed by atoms with Crippen LogP contribution >= 0.6 is 0 Å². The van der Waals surface area contributed by atoms with Gasteiger partial charge in [0, 0.05) is 17.8 Å². The summed E-state index contributed by atoms with van der Waals surface area (Å²) < 4.78 is 31.2. The lowest BCUT2D eigenvalue weighted by Gasteiger charge is -1.96. The van der Waals surface area contributed by atoms with E-state index in [1.807, 2.05) is 0 Å². The molecule has 0 aliphatic carbocycles. The monoisotopic (exact) mass is 275 g/mol. The number of hydrogen-bond donors (Lipinski definition) is 1. The highest BCUT2D eigenvalue weighted by Gasteiger charge is 2.14. The van der Waals surface area contributed by atoms with Gasteiger partial charge in [0.2, 0.25) is 5.82 Å². The molecule has 3 aromatic rings. The third kappa shape index (κ3) is 2.20. The lowest BCUT2D eigenvalue weighted by molar-refractivity contribution is 0.425. The molecule has 0 saturated heterocycles. The number of aromatic nitrogens is 3. The normalized spacial score (nSPS) is 10.7. The number of hydrogen-bond acceptors (Lipinski definition) is 5. The molecule has 7 heteroatoms. The Bertz CT molecular complexity index is 754. The molecule has 20 heavy (non-hydrogen) atoms. The molecule has 1 N–H and O–H groups in total. The van der Waals surface area contributed by atoms with Crippen LogP contribution in [0.1, 0.15) is 0 Å². The van der Waals surface area contributed by atoms with Crippen molar-refractivity contribution in [2.24, 2.45) is 0 Å². The van der Waals surface area contributed by atoms with Gasteiger partial charge in [0.25, 0.3) is 5.89 Å². The van der Waals surface area contributed by atoms with Gasteiger partial charge in [0.05, 0.1) is 11.8 Å². The summed E-state index contributed by atoms with van der Waals surface area (Å²) in [5.74, 6) is -1.55. The summed E-state index contributed by atoms with van der Waals surface area (Å²) in [6.45, 7) is 0. The minimum Gasteiger partial charge on any atom is -0.505 e. The van der Waals surface area contributed by atoms with Crippen LogP contribution in [0.3, 0.4) is 0 Å². The number of pyridine rings is 1. The number of rotatable bonds is 2. The first-order valence-electron chi connectivity index (χ1n) is 5.57. The Hall–Kier alpha value is -2.83. The summed E-state index contributed by atoms with van der Waals surface area (Å²) in [7, 11) is 0. The van der Waals surface area contributed by atoms with E-state index in [1.165, 1.54) is 18.5 Å². The summed E-state index contributed by atoms with van der Waals surface area (Å²) in [5, 5.41) is 13.3. The second-order valence-electron chi connectivity index (χ2n) is 3.97. The Balaban J connectivity index is 2.04. The largest absolute Gasteiger partial charge is 0.505 e. The maximum atomic E-state index is 13.1. The Kier molecular flexibility index (Phi) is 2.86. The van der Waals surface area contributed by atoms with Gasteiger partial charge in [-0.25, -0.2) is 8.78 Å². The highest BCUT2D eigenvalue weighted by Crippen LogP contribution is 2.28. The molecule has 2 aromatic heterocycles. The second-order valence-corrected chi connectivity index (χ2v) is 3.97. The third-order valence-electron chi connectivity index (χ3n) is 2.58. The molecule has 5 nitrogen and oxygen atoms in total. The van der Waals surface area contributed by atoms with Crippen molar-refractivity contribution >= 4 is 0 Å². The average Bonchev–Trinajstić information content (AvgIpc) is 2.87. The minimum absolute atomic E-state index is 0.0228. The topological polar surface area (TPSA) is 72.0 Å². The fraction of sp³-hybridized carbons (Fsp3) is 0. The van der Waals surface area contributed by atoms with Crippen molar-refractivity contribution in [2.45, 2.75) is 0 Å². The zero-order valence-electron chi connectivity index (χ0n) is 9.92. The van der Waals surface area contributed by atoms with Gasteiger partial charge >= 0.3 is 0 Å². The predicted molar refractivity (Wildman–Crippen MR) is 64.5 cm³/mol. The minimum atomic E-state index is -0.738. The van der Waals surface area contributed by atoms with Crippen LogP contribution in [-0.2, 0) is 0 Å². The van der Waals surface area contributed by atoms with Gasteiger partial charge in [0.1, 0.15) is 17.4 Å². The second kappa shape index (κ2) is 4.69. The number of aromatic hydroxyl groups is 1. The quantitative estimate of drug-likeness (QED) is 0.778. The molecule has 0 aliphatic heterocycles. The van der Waals surface area contributed by atoms with Crippen LogP contribution in [0, 0.1) is 11.6 Å². The Morgan fingerprint density at radius 1 is 1.10 bits per heavy atom. The molecule has 0 unspecified atom stereocenters. The van der Waals surface area contributed by atoms with Crippen molar-refractivity contribution in [1.82, 2.24) is 15.1 Å². The Morgan fingerprint density at radius 2 is 1.85 bits per heavy atom. The standard InChI is InChI=1S/C13H7F2N3O2/c14-8-3-7(4-9(15)5-8)12-17-13(20-18-12)10-1-2-16-6-11(10)19/h1-6,19H. The number of nitrogens with zero attached hydrogens (tertiary/aromatic N) is 3. The fourth-order valence-corrected chi connectivity index (χ4v) is 1.70. The molecule has 1 aromatic carbocycles. The molecule has 0 amide bonds. The van der Waals surface area contributed by atoms with Crippen LogP contribution in [0.25, 0.3) is 22.8 Å². The van der Waals surface area contributed by atoms with E-state index in [2.05, 4.69) is 15.1 Å². The molecule has 3 rings (SSSR count). The van der Waals surface area contributed by atoms with Crippen molar-refractivity contribution in [3.8, 4) is 28.6 Å². The molecular formula is C13H7F2N3O2. The number of halogens is 2. The van der Waals surface area contributed by atoms with E-state index in [-0.39, 0.29) is 28.6 Å². The lowest BCUT2D eigenvalue weighted by atomic mass is 10.2. The first-order valence-corrected chi connectivity index (χ1v) is 5.57. The zero-order chi connectivity index (χ0) is 14.1. The molecule has 0 aliphatic rings. The van der Waals surface area contributed by atoms with Gasteiger partial charge in [-0.1, -0.05) is 5.16 Å². The maximum absolute atomic E-state index is 13.1. The van der Waals surface area contributed by atoms with Crippen molar-refractivity contribution in [2.75, 3.05) is 0 Å². The Morgan fingerprint density at radius 3 is 2.55 bits per heavy atom. The first-order chi connectivity index (χ1) is 9.63. The molecule has 2 heterocycles. The van der Waals surface area contributed by atoms with E-state index in [0.29, 0.717) is 0 Å². The molecule has 0 radical (unpaired) electrons. The first kappa shape index (κ1) is 12.2. The van der Waals surface area contributed by atoms with Crippen molar-refractivity contribution in [3.05, 3.63) is 48.3 Å². The van der Waals surface area contributed by atoms with Crippen LogP contribution in [0.15, 0.2) is 41.2 Å². The molecule has 100 valence electrons. The summed E-state index contributed by atoms with van der Waals surface area (Å²) in [5.41, 5.74) is 0.432. The average molecular weight is 275 g/mol.